The van der Waals surface area contributed by atoms with Gasteiger partial charge in [-0.1, -0.05) is 12.1 Å². The van der Waals surface area contributed by atoms with Gasteiger partial charge in [-0.15, -0.1) is 0 Å². The van der Waals surface area contributed by atoms with Crippen molar-refractivity contribution >= 4 is 11.7 Å². The van der Waals surface area contributed by atoms with Crippen molar-refractivity contribution in [2.24, 2.45) is 7.05 Å². The van der Waals surface area contributed by atoms with Crippen molar-refractivity contribution in [2.75, 3.05) is 31.5 Å². The van der Waals surface area contributed by atoms with E-state index in [0.717, 1.165) is 42.4 Å². The quantitative estimate of drug-likeness (QED) is 0.742. The molecule has 4 rings (SSSR count). The van der Waals surface area contributed by atoms with Crippen molar-refractivity contribution in [2.45, 2.75) is 6.54 Å². The van der Waals surface area contributed by atoms with Gasteiger partial charge in [-0.3, -0.25) is 10.00 Å². The zero-order valence-corrected chi connectivity index (χ0v) is 15.3. The number of urea groups is 1. The molecule has 1 aliphatic rings. The number of nitrogens with zero attached hydrogens (tertiary/aromatic N) is 5. The molecule has 8 nitrogen and oxygen atoms in total. The van der Waals surface area contributed by atoms with Gasteiger partial charge in [0.15, 0.2) is 0 Å². The van der Waals surface area contributed by atoms with Crippen LogP contribution in [0.25, 0.3) is 11.3 Å². The zero-order valence-electron chi connectivity index (χ0n) is 15.3. The molecule has 0 atom stereocenters. The van der Waals surface area contributed by atoms with Crippen LogP contribution in [0.3, 0.4) is 0 Å². The Bertz CT molecular complexity index is 877. The molecule has 0 aliphatic carbocycles. The van der Waals surface area contributed by atoms with Gasteiger partial charge < -0.3 is 14.8 Å². The van der Waals surface area contributed by atoms with Gasteiger partial charge in [0, 0.05) is 57.5 Å². The topological polar surface area (TPSA) is 82.1 Å². The number of hydrogen-bond donors (Lipinski definition) is 2. The van der Waals surface area contributed by atoms with E-state index in [-0.39, 0.29) is 6.03 Å². The lowest BCUT2D eigenvalue weighted by atomic mass is 10.1. The van der Waals surface area contributed by atoms with Crippen LogP contribution in [0.4, 0.5) is 10.5 Å². The first kappa shape index (κ1) is 17.3. The predicted octanol–water partition coefficient (Wildman–Crippen LogP) is 2.16. The second kappa shape index (κ2) is 7.63. The molecular formula is C19H23N7O. The number of imidazole rings is 1. The van der Waals surface area contributed by atoms with Crippen LogP contribution in [0.2, 0.25) is 0 Å². The number of carbonyl (C=O) groups excluding carboxylic acids is 1. The van der Waals surface area contributed by atoms with Crippen LogP contribution < -0.4 is 5.32 Å². The molecule has 0 saturated carbocycles. The van der Waals surface area contributed by atoms with E-state index in [1.54, 1.807) is 6.20 Å². The number of anilines is 1. The average Bonchev–Trinajstić information content (AvgIpc) is 3.36. The highest BCUT2D eigenvalue weighted by molar-refractivity contribution is 5.89. The van der Waals surface area contributed by atoms with Gasteiger partial charge in [0.25, 0.3) is 0 Å². The van der Waals surface area contributed by atoms with E-state index in [2.05, 4.69) is 25.4 Å². The molecular weight excluding hydrogens is 342 g/mol. The lowest BCUT2D eigenvalue weighted by molar-refractivity contribution is 0.140. The third-order valence-corrected chi connectivity index (χ3v) is 4.89. The largest absolute Gasteiger partial charge is 0.337 e. The number of nitrogens with one attached hydrogen (secondary N) is 2. The molecule has 2 aromatic heterocycles. The summed E-state index contributed by atoms with van der Waals surface area (Å²) >= 11 is 0. The lowest BCUT2D eigenvalue weighted by Crippen LogP contribution is -2.49. The Balaban J connectivity index is 1.29. The number of rotatable bonds is 4. The lowest BCUT2D eigenvalue weighted by Gasteiger charge is -2.34. The minimum atomic E-state index is -0.0547. The predicted molar refractivity (Wildman–Crippen MR) is 103 cm³/mol. The van der Waals surface area contributed by atoms with Crippen molar-refractivity contribution in [3.63, 3.8) is 0 Å². The van der Waals surface area contributed by atoms with E-state index in [1.165, 1.54) is 0 Å². The highest BCUT2D eigenvalue weighted by Gasteiger charge is 2.22. The number of amides is 2. The van der Waals surface area contributed by atoms with E-state index in [4.69, 9.17) is 0 Å². The first-order valence-electron chi connectivity index (χ1n) is 9.03. The van der Waals surface area contributed by atoms with Crippen molar-refractivity contribution in [1.82, 2.24) is 29.5 Å². The Kier molecular flexibility index (Phi) is 4.88. The van der Waals surface area contributed by atoms with Gasteiger partial charge in [0.1, 0.15) is 5.82 Å². The standard InChI is InChI=1S/C19H23N7O/c1-24-9-8-20-18(24)14-25-10-12-26(13-11-25)19(27)22-16-4-2-15(3-5-16)17-6-7-21-23-17/h2-9H,10-14H2,1H3,(H,21,23)(H,22,27). The SMILES string of the molecule is Cn1ccnc1CN1CCN(C(=O)Nc2ccc(-c3ccn[nH]3)cc2)CC1. The Morgan fingerprint density at radius 2 is 1.89 bits per heavy atom. The summed E-state index contributed by atoms with van der Waals surface area (Å²) in [6, 6.07) is 9.61. The smallest absolute Gasteiger partial charge is 0.321 e. The van der Waals surface area contributed by atoms with Gasteiger partial charge >= 0.3 is 6.03 Å². The third kappa shape index (κ3) is 4.01. The Morgan fingerprint density at radius 1 is 1.11 bits per heavy atom. The molecule has 140 valence electrons. The van der Waals surface area contributed by atoms with Gasteiger partial charge in [-0.25, -0.2) is 9.78 Å². The monoisotopic (exact) mass is 365 g/mol. The average molecular weight is 365 g/mol. The summed E-state index contributed by atoms with van der Waals surface area (Å²) in [4.78, 5) is 21.1. The molecule has 1 aliphatic heterocycles. The molecule has 3 aromatic rings. The second-order valence-electron chi connectivity index (χ2n) is 6.70. The molecule has 27 heavy (non-hydrogen) atoms. The fourth-order valence-electron chi connectivity index (χ4n) is 3.21. The maximum Gasteiger partial charge on any atom is 0.321 e. The van der Waals surface area contributed by atoms with E-state index >= 15 is 0 Å². The summed E-state index contributed by atoms with van der Waals surface area (Å²) < 4.78 is 2.03. The van der Waals surface area contributed by atoms with Crippen LogP contribution in [0.1, 0.15) is 5.82 Å². The van der Waals surface area contributed by atoms with E-state index in [9.17, 15) is 4.79 Å². The number of hydrogen-bond acceptors (Lipinski definition) is 4. The summed E-state index contributed by atoms with van der Waals surface area (Å²) in [5.41, 5.74) is 2.78. The Hall–Kier alpha value is -3.13. The molecule has 0 radical (unpaired) electrons. The number of benzene rings is 1. The highest BCUT2D eigenvalue weighted by atomic mass is 16.2. The van der Waals surface area contributed by atoms with Gasteiger partial charge in [-0.2, -0.15) is 5.10 Å². The van der Waals surface area contributed by atoms with Crippen LogP contribution in [0, 0.1) is 0 Å². The van der Waals surface area contributed by atoms with Crippen LogP contribution in [-0.4, -0.2) is 61.8 Å². The molecule has 3 heterocycles. The molecule has 2 amide bonds. The fourth-order valence-corrected chi connectivity index (χ4v) is 3.21. The number of aromatic amines is 1. The maximum absolute atomic E-state index is 12.5. The molecule has 0 spiro atoms. The summed E-state index contributed by atoms with van der Waals surface area (Å²) in [6.07, 6.45) is 5.49. The zero-order chi connectivity index (χ0) is 18.6. The van der Waals surface area contributed by atoms with Crippen molar-refractivity contribution in [3.8, 4) is 11.3 Å². The molecule has 1 saturated heterocycles. The fraction of sp³-hybridized carbons (Fsp3) is 0.316. The van der Waals surface area contributed by atoms with Crippen LogP contribution in [0.5, 0.6) is 0 Å². The molecule has 2 N–H and O–H groups in total. The number of aryl methyl sites for hydroxylation is 1. The minimum absolute atomic E-state index is 0.0547. The van der Waals surface area contributed by atoms with Crippen LogP contribution in [0.15, 0.2) is 48.9 Å². The van der Waals surface area contributed by atoms with E-state index in [0.29, 0.717) is 13.1 Å². The third-order valence-electron chi connectivity index (χ3n) is 4.89. The molecule has 0 bridgehead atoms. The molecule has 0 unspecified atom stereocenters. The number of H-pyrrole nitrogens is 1. The summed E-state index contributed by atoms with van der Waals surface area (Å²) in [7, 11) is 2.00. The molecule has 1 fully saturated rings. The van der Waals surface area contributed by atoms with Gasteiger partial charge in [0.2, 0.25) is 0 Å². The van der Waals surface area contributed by atoms with E-state index in [1.807, 2.05) is 59.2 Å². The first-order valence-corrected chi connectivity index (χ1v) is 9.03. The van der Waals surface area contributed by atoms with Crippen molar-refractivity contribution < 1.29 is 4.79 Å². The van der Waals surface area contributed by atoms with Crippen molar-refractivity contribution in [1.29, 1.82) is 0 Å². The number of aromatic nitrogens is 4. The second-order valence-corrected chi connectivity index (χ2v) is 6.70. The summed E-state index contributed by atoms with van der Waals surface area (Å²) in [5.74, 6) is 1.05. The number of piperazine rings is 1. The Labute approximate surface area is 157 Å². The number of carbonyl (C=O) groups is 1. The molecule has 1 aromatic carbocycles. The maximum atomic E-state index is 12.5. The van der Waals surface area contributed by atoms with Crippen LogP contribution in [-0.2, 0) is 13.6 Å². The van der Waals surface area contributed by atoms with E-state index < -0.39 is 0 Å². The van der Waals surface area contributed by atoms with Gasteiger partial charge in [-0.05, 0) is 23.8 Å². The van der Waals surface area contributed by atoms with Gasteiger partial charge in [0.05, 0.1) is 12.2 Å². The molecule has 8 heteroatoms. The first-order chi connectivity index (χ1) is 13.2. The summed E-state index contributed by atoms with van der Waals surface area (Å²) in [5, 5.41) is 9.87. The normalized spacial score (nSPS) is 15.1. The van der Waals surface area contributed by atoms with Crippen LogP contribution >= 0.6 is 0 Å². The Morgan fingerprint density at radius 3 is 2.52 bits per heavy atom. The minimum Gasteiger partial charge on any atom is -0.337 e. The summed E-state index contributed by atoms with van der Waals surface area (Å²) in [6.45, 7) is 3.93. The highest BCUT2D eigenvalue weighted by Crippen LogP contribution is 2.19. The van der Waals surface area contributed by atoms with Crippen molar-refractivity contribution in [3.05, 3.63) is 54.7 Å².